The summed E-state index contributed by atoms with van der Waals surface area (Å²) in [6, 6.07) is 11.7. The molecule has 0 heterocycles. The van der Waals surface area contributed by atoms with Crippen molar-refractivity contribution >= 4 is 27.3 Å². The van der Waals surface area contributed by atoms with Crippen molar-refractivity contribution in [2.24, 2.45) is 0 Å². The molecule has 0 unspecified atom stereocenters. The topological polar surface area (TPSA) is 46.2 Å². The summed E-state index contributed by atoms with van der Waals surface area (Å²) in [5.74, 6) is -0.608. The lowest BCUT2D eigenvalue weighted by molar-refractivity contribution is 0.600. The molecule has 1 N–H and O–H groups in total. The number of hydrogen-bond acceptors (Lipinski definition) is 2. The van der Waals surface area contributed by atoms with Gasteiger partial charge in [-0.3, -0.25) is 4.72 Å². The monoisotopic (exact) mass is 299 g/mol. The van der Waals surface area contributed by atoms with Crippen LogP contribution in [0.15, 0.2) is 48.5 Å². The number of rotatable bonds is 4. The summed E-state index contributed by atoms with van der Waals surface area (Å²) in [5, 5.41) is 0.481. The molecule has 19 heavy (non-hydrogen) atoms. The molecular formula is C13H11ClFNO2S. The van der Waals surface area contributed by atoms with Gasteiger partial charge < -0.3 is 0 Å². The lowest BCUT2D eigenvalue weighted by Gasteiger charge is -2.08. The van der Waals surface area contributed by atoms with Crippen LogP contribution in [0.25, 0.3) is 0 Å². The van der Waals surface area contributed by atoms with Crippen LogP contribution in [0, 0.1) is 5.82 Å². The van der Waals surface area contributed by atoms with E-state index in [0.29, 0.717) is 16.3 Å². The van der Waals surface area contributed by atoms with Crippen LogP contribution < -0.4 is 4.72 Å². The maximum absolute atomic E-state index is 12.7. The summed E-state index contributed by atoms with van der Waals surface area (Å²) >= 11 is 5.79. The van der Waals surface area contributed by atoms with Gasteiger partial charge in [0, 0.05) is 10.7 Å². The van der Waals surface area contributed by atoms with E-state index in [1.807, 2.05) is 0 Å². The molecule has 0 saturated heterocycles. The SMILES string of the molecule is O=S(=O)(Cc1cccc(Cl)c1)Nc1ccc(F)cc1. The Balaban J connectivity index is 2.13. The summed E-state index contributed by atoms with van der Waals surface area (Å²) in [6.07, 6.45) is 0. The maximum atomic E-state index is 12.7. The Labute approximate surface area is 116 Å². The highest BCUT2D eigenvalue weighted by atomic mass is 35.5. The molecule has 6 heteroatoms. The molecule has 3 nitrogen and oxygen atoms in total. The van der Waals surface area contributed by atoms with Crippen molar-refractivity contribution in [1.82, 2.24) is 0 Å². The third-order valence-corrected chi connectivity index (χ3v) is 3.86. The molecule has 0 bridgehead atoms. The van der Waals surface area contributed by atoms with E-state index in [9.17, 15) is 12.8 Å². The minimum Gasteiger partial charge on any atom is -0.283 e. The standard InChI is InChI=1S/C13H11ClFNO2S/c14-11-3-1-2-10(8-11)9-19(17,18)16-13-6-4-12(15)5-7-13/h1-8,16H,9H2. The van der Waals surface area contributed by atoms with E-state index < -0.39 is 15.8 Å². The molecule has 0 aliphatic heterocycles. The molecule has 2 rings (SSSR count). The Morgan fingerprint density at radius 1 is 1.11 bits per heavy atom. The molecule has 100 valence electrons. The third kappa shape index (κ3) is 4.22. The van der Waals surface area contributed by atoms with E-state index >= 15 is 0 Å². The van der Waals surface area contributed by atoms with Crippen molar-refractivity contribution in [2.75, 3.05) is 4.72 Å². The first-order valence-electron chi connectivity index (χ1n) is 5.45. The minimum absolute atomic E-state index is 0.190. The van der Waals surface area contributed by atoms with Crippen LogP contribution in [0.1, 0.15) is 5.56 Å². The number of hydrogen-bond donors (Lipinski definition) is 1. The van der Waals surface area contributed by atoms with E-state index in [0.717, 1.165) is 0 Å². The highest BCUT2D eigenvalue weighted by Gasteiger charge is 2.12. The molecule has 0 aliphatic rings. The van der Waals surface area contributed by atoms with Gasteiger partial charge in [-0.2, -0.15) is 0 Å². The Morgan fingerprint density at radius 2 is 1.79 bits per heavy atom. The van der Waals surface area contributed by atoms with Gasteiger partial charge in [-0.15, -0.1) is 0 Å². The minimum atomic E-state index is -3.55. The van der Waals surface area contributed by atoms with Gasteiger partial charge in [0.05, 0.1) is 5.75 Å². The number of nitrogens with one attached hydrogen (secondary N) is 1. The number of sulfonamides is 1. The van der Waals surface area contributed by atoms with Crippen molar-refractivity contribution in [2.45, 2.75) is 5.75 Å². The van der Waals surface area contributed by atoms with Gasteiger partial charge in [0.15, 0.2) is 0 Å². The second-order valence-electron chi connectivity index (χ2n) is 4.00. The van der Waals surface area contributed by atoms with Gasteiger partial charge in [0.2, 0.25) is 10.0 Å². The largest absolute Gasteiger partial charge is 0.283 e. The lowest BCUT2D eigenvalue weighted by Crippen LogP contribution is -2.15. The normalized spacial score (nSPS) is 11.3. The van der Waals surface area contributed by atoms with Gasteiger partial charge >= 0.3 is 0 Å². The fourth-order valence-electron chi connectivity index (χ4n) is 1.58. The quantitative estimate of drug-likeness (QED) is 0.940. The van der Waals surface area contributed by atoms with Gasteiger partial charge in [0.25, 0.3) is 0 Å². The summed E-state index contributed by atoms with van der Waals surface area (Å²) < 4.78 is 38.9. The summed E-state index contributed by atoms with van der Waals surface area (Å²) in [6.45, 7) is 0. The van der Waals surface area contributed by atoms with E-state index in [4.69, 9.17) is 11.6 Å². The Morgan fingerprint density at radius 3 is 2.42 bits per heavy atom. The second kappa shape index (κ2) is 5.59. The molecule has 2 aromatic carbocycles. The van der Waals surface area contributed by atoms with E-state index in [2.05, 4.69) is 4.72 Å². The summed E-state index contributed by atoms with van der Waals surface area (Å²) in [4.78, 5) is 0. The first-order valence-corrected chi connectivity index (χ1v) is 7.48. The Bertz CT molecular complexity index is 671. The predicted molar refractivity (Wildman–Crippen MR) is 74.1 cm³/mol. The van der Waals surface area contributed by atoms with Crippen molar-refractivity contribution in [3.05, 3.63) is 64.9 Å². The molecular weight excluding hydrogens is 289 g/mol. The summed E-state index contributed by atoms with van der Waals surface area (Å²) in [7, 11) is -3.55. The first kappa shape index (κ1) is 13.8. The van der Waals surface area contributed by atoms with Crippen LogP contribution in [-0.4, -0.2) is 8.42 Å². The third-order valence-electron chi connectivity index (χ3n) is 2.36. The van der Waals surface area contributed by atoms with Gasteiger partial charge in [-0.25, -0.2) is 12.8 Å². The first-order chi connectivity index (χ1) is 8.94. The number of anilines is 1. The highest BCUT2D eigenvalue weighted by molar-refractivity contribution is 7.91. The van der Waals surface area contributed by atoms with Gasteiger partial charge in [-0.1, -0.05) is 23.7 Å². The maximum Gasteiger partial charge on any atom is 0.236 e. The second-order valence-corrected chi connectivity index (χ2v) is 6.16. The Hall–Kier alpha value is -1.59. The molecule has 0 atom stereocenters. The highest BCUT2D eigenvalue weighted by Crippen LogP contribution is 2.16. The average Bonchev–Trinajstić information content (AvgIpc) is 2.31. The zero-order valence-electron chi connectivity index (χ0n) is 9.81. The molecule has 2 aromatic rings. The molecule has 0 aromatic heterocycles. The van der Waals surface area contributed by atoms with Crippen LogP contribution in [0.5, 0.6) is 0 Å². The van der Waals surface area contributed by atoms with Crippen molar-refractivity contribution in [3.8, 4) is 0 Å². The zero-order chi connectivity index (χ0) is 13.9. The van der Waals surface area contributed by atoms with Crippen molar-refractivity contribution < 1.29 is 12.8 Å². The fourth-order valence-corrected chi connectivity index (χ4v) is 2.98. The van der Waals surface area contributed by atoms with Gasteiger partial charge in [0.1, 0.15) is 5.82 Å². The van der Waals surface area contributed by atoms with Crippen LogP contribution >= 0.6 is 11.6 Å². The van der Waals surface area contributed by atoms with Crippen molar-refractivity contribution in [1.29, 1.82) is 0 Å². The van der Waals surface area contributed by atoms with E-state index in [-0.39, 0.29) is 5.75 Å². The molecule has 0 saturated carbocycles. The molecule has 0 aliphatic carbocycles. The predicted octanol–water partition coefficient (Wildman–Crippen LogP) is 3.42. The smallest absolute Gasteiger partial charge is 0.236 e. The van der Waals surface area contributed by atoms with E-state index in [1.54, 1.807) is 24.3 Å². The molecule has 0 fully saturated rings. The Kier molecular flexibility index (Phi) is 4.07. The van der Waals surface area contributed by atoms with Crippen LogP contribution in [0.3, 0.4) is 0 Å². The van der Waals surface area contributed by atoms with Gasteiger partial charge in [-0.05, 0) is 42.0 Å². The molecule has 0 amide bonds. The number of halogens is 2. The lowest BCUT2D eigenvalue weighted by atomic mass is 10.2. The zero-order valence-corrected chi connectivity index (χ0v) is 11.4. The van der Waals surface area contributed by atoms with E-state index in [1.165, 1.54) is 24.3 Å². The van der Waals surface area contributed by atoms with Crippen LogP contribution in [0.2, 0.25) is 5.02 Å². The van der Waals surface area contributed by atoms with Crippen LogP contribution in [-0.2, 0) is 15.8 Å². The number of benzene rings is 2. The van der Waals surface area contributed by atoms with Crippen LogP contribution in [0.4, 0.5) is 10.1 Å². The average molecular weight is 300 g/mol. The fraction of sp³-hybridized carbons (Fsp3) is 0.0769. The molecule has 0 spiro atoms. The summed E-state index contributed by atoms with van der Waals surface area (Å²) in [5.41, 5.74) is 0.908. The van der Waals surface area contributed by atoms with Crippen molar-refractivity contribution in [3.63, 3.8) is 0 Å². The molecule has 0 radical (unpaired) electrons.